The van der Waals surface area contributed by atoms with Crippen LogP contribution in [0.4, 0.5) is 0 Å². The first-order chi connectivity index (χ1) is 14.9. The number of β-lactam (4-membered cyclic amide) rings is 1. The van der Waals surface area contributed by atoms with Crippen molar-refractivity contribution in [2.24, 2.45) is 0 Å². The van der Waals surface area contributed by atoms with Gasteiger partial charge in [-0.15, -0.1) is 27.1 Å². The lowest BCUT2D eigenvalue weighted by Crippen LogP contribution is -2.80. The summed E-state index contributed by atoms with van der Waals surface area (Å²) in [5.41, 5.74) is -1.30. The highest BCUT2D eigenvalue weighted by Crippen LogP contribution is 2.47. The second-order valence-electron chi connectivity index (χ2n) is 6.47. The van der Waals surface area contributed by atoms with Crippen molar-refractivity contribution in [2.75, 3.05) is 18.6 Å². The Balaban J connectivity index is 1.52. The highest BCUT2D eigenvalue weighted by atomic mass is 32.2. The molecular formula is C15H16N8O6S2. The summed E-state index contributed by atoms with van der Waals surface area (Å²) >= 11 is 2.47. The van der Waals surface area contributed by atoms with Crippen molar-refractivity contribution in [2.45, 2.75) is 29.8 Å². The molecule has 0 aromatic carbocycles. The Morgan fingerprint density at radius 2 is 2.29 bits per heavy atom. The lowest BCUT2D eigenvalue weighted by atomic mass is 9.98. The molecule has 2 aromatic heterocycles. The third-order valence-corrected chi connectivity index (χ3v) is 6.81. The van der Waals surface area contributed by atoms with Gasteiger partial charge in [-0.05, 0) is 16.0 Å². The monoisotopic (exact) mass is 468 g/mol. The number of tetrazole rings is 1. The molecule has 14 nitrogen and oxygen atoms in total. The molecule has 2 N–H and O–H groups in total. The highest BCUT2D eigenvalue weighted by Gasteiger charge is 2.66. The molecule has 16 heteroatoms. The molecule has 0 saturated carbocycles. The number of nitrogens with zero attached hydrogens (tertiary/aromatic N) is 7. The Morgan fingerprint density at radius 3 is 2.90 bits per heavy atom. The Kier molecular flexibility index (Phi) is 5.67. The zero-order valence-electron chi connectivity index (χ0n) is 16.2. The van der Waals surface area contributed by atoms with Crippen LogP contribution in [-0.2, 0) is 25.7 Å². The lowest BCUT2D eigenvalue weighted by Gasteiger charge is -2.55. The van der Waals surface area contributed by atoms with Crippen LogP contribution in [0.5, 0.6) is 0 Å². The number of amides is 2. The summed E-state index contributed by atoms with van der Waals surface area (Å²) in [7, 11) is 1.28. The summed E-state index contributed by atoms with van der Waals surface area (Å²) in [6, 6.07) is 0. The number of hydrogen-bond acceptors (Lipinski definition) is 12. The van der Waals surface area contributed by atoms with Gasteiger partial charge in [-0.25, -0.2) is 9.48 Å². The molecule has 4 heterocycles. The van der Waals surface area contributed by atoms with E-state index in [0.29, 0.717) is 22.4 Å². The Labute approximate surface area is 182 Å². The number of ether oxygens (including phenoxy) is 1. The fourth-order valence-electron chi connectivity index (χ4n) is 3.19. The van der Waals surface area contributed by atoms with Gasteiger partial charge in [0.05, 0.1) is 0 Å². The van der Waals surface area contributed by atoms with E-state index >= 15 is 0 Å². The van der Waals surface area contributed by atoms with Gasteiger partial charge in [-0.1, -0.05) is 11.8 Å². The summed E-state index contributed by atoms with van der Waals surface area (Å²) < 4.78 is 11.9. The van der Waals surface area contributed by atoms with E-state index in [1.165, 1.54) is 41.6 Å². The number of carboxylic acids is 1. The number of fused-ring (bicyclic) bond motifs is 1. The molecule has 2 amide bonds. The smallest absolute Gasteiger partial charge is 0.352 e. The van der Waals surface area contributed by atoms with Crippen molar-refractivity contribution in [3.8, 4) is 0 Å². The van der Waals surface area contributed by atoms with E-state index in [9.17, 15) is 19.5 Å². The van der Waals surface area contributed by atoms with Crippen LogP contribution in [0.25, 0.3) is 0 Å². The second kappa shape index (κ2) is 8.27. The first kappa shape index (κ1) is 21.3. The molecular weight excluding hydrogens is 452 g/mol. The van der Waals surface area contributed by atoms with Gasteiger partial charge in [-0.2, -0.15) is 0 Å². The lowest BCUT2D eigenvalue weighted by molar-refractivity contribution is -0.192. The van der Waals surface area contributed by atoms with Crippen molar-refractivity contribution < 1.29 is 28.6 Å². The van der Waals surface area contributed by atoms with E-state index in [2.05, 4.69) is 31.0 Å². The maximum atomic E-state index is 13.0. The Morgan fingerprint density at radius 1 is 1.48 bits per heavy atom. The summed E-state index contributed by atoms with van der Waals surface area (Å²) in [6.45, 7) is 1.42. The first-order valence-corrected chi connectivity index (χ1v) is 10.8. The summed E-state index contributed by atoms with van der Waals surface area (Å²) in [5, 5.41) is 30.0. The van der Waals surface area contributed by atoms with E-state index in [1.54, 1.807) is 6.92 Å². The van der Waals surface area contributed by atoms with Gasteiger partial charge in [-0.3, -0.25) is 14.5 Å². The molecule has 0 bridgehead atoms. The molecule has 2 atom stereocenters. The summed E-state index contributed by atoms with van der Waals surface area (Å²) in [6.07, 6.45) is 1.25. The largest absolute Gasteiger partial charge is 0.477 e. The molecule has 4 rings (SSSR count). The third kappa shape index (κ3) is 3.77. The predicted molar refractivity (Wildman–Crippen MR) is 103 cm³/mol. The second-order valence-corrected chi connectivity index (χ2v) is 8.46. The van der Waals surface area contributed by atoms with Crippen molar-refractivity contribution in [3.05, 3.63) is 23.5 Å². The van der Waals surface area contributed by atoms with Gasteiger partial charge in [0.1, 0.15) is 23.9 Å². The molecule has 2 aliphatic heterocycles. The number of carbonyl (C=O) groups is 3. The number of thioether (sulfide) groups is 2. The van der Waals surface area contributed by atoms with E-state index in [-0.39, 0.29) is 18.0 Å². The Bertz CT molecular complexity index is 1060. The minimum atomic E-state index is -1.68. The van der Waals surface area contributed by atoms with Crippen LogP contribution in [0.1, 0.15) is 5.89 Å². The third-order valence-electron chi connectivity index (χ3n) is 4.53. The summed E-state index contributed by atoms with van der Waals surface area (Å²) in [5.74, 6) is -1.53. The van der Waals surface area contributed by atoms with E-state index in [4.69, 9.17) is 9.15 Å². The minimum Gasteiger partial charge on any atom is -0.477 e. The molecule has 0 radical (unpaired) electrons. The molecule has 0 spiro atoms. The zero-order valence-corrected chi connectivity index (χ0v) is 17.8. The molecule has 31 heavy (non-hydrogen) atoms. The number of methoxy groups -OCH3 is 1. The number of aromatic nitrogens is 6. The van der Waals surface area contributed by atoms with E-state index in [0.717, 1.165) is 4.90 Å². The number of aryl methyl sites for hydroxylation is 1. The van der Waals surface area contributed by atoms with Gasteiger partial charge < -0.3 is 19.6 Å². The molecule has 1 unspecified atom stereocenters. The Hall–Kier alpha value is -2.98. The minimum absolute atomic E-state index is 0.139. The maximum absolute atomic E-state index is 13.0. The molecule has 2 aliphatic rings. The number of rotatable bonds is 8. The number of carbonyl (C=O) groups excluding carboxylic acids is 2. The normalized spacial score (nSPS) is 22.8. The van der Waals surface area contributed by atoms with Crippen LogP contribution in [0.3, 0.4) is 0 Å². The fraction of sp³-hybridized carbons (Fsp3) is 0.467. The van der Waals surface area contributed by atoms with Crippen LogP contribution >= 0.6 is 23.5 Å². The van der Waals surface area contributed by atoms with Crippen molar-refractivity contribution in [1.82, 2.24) is 40.6 Å². The van der Waals surface area contributed by atoms with Crippen molar-refractivity contribution >= 4 is 41.3 Å². The molecule has 2 aromatic rings. The van der Waals surface area contributed by atoms with Crippen LogP contribution in [0.2, 0.25) is 0 Å². The SMILES string of the molecule is COC1(NC(=O)Cn2cnnn2)C(=O)N2C(C(=O)O)=C(CSc3nnc(C)o3)CS[C@H]21. The average Bonchev–Trinajstić information content (AvgIpc) is 3.40. The summed E-state index contributed by atoms with van der Waals surface area (Å²) in [4.78, 5) is 38.5. The maximum Gasteiger partial charge on any atom is 0.352 e. The van der Waals surface area contributed by atoms with Gasteiger partial charge in [0.25, 0.3) is 16.9 Å². The molecule has 1 saturated heterocycles. The van der Waals surface area contributed by atoms with Gasteiger partial charge in [0.15, 0.2) is 0 Å². The van der Waals surface area contributed by atoms with Gasteiger partial charge in [0.2, 0.25) is 11.8 Å². The predicted octanol–water partition coefficient (Wildman–Crippen LogP) is -1.13. The molecule has 164 valence electrons. The number of carboxylic acid groups (broad SMARTS) is 1. The average molecular weight is 468 g/mol. The topological polar surface area (TPSA) is 178 Å². The zero-order chi connectivity index (χ0) is 22.2. The van der Waals surface area contributed by atoms with Crippen molar-refractivity contribution in [1.29, 1.82) is 0 Å². The van der Waals surface area contributed by atoms with Crippen molar-refractivity contribution in [3.63, 3.8) is 0 Å². The first-order valence-electron chi connectivity index (χ1n) is 8.76. The number of nitrogens with one attached hydrogen (secondary N) is 1. The van der Waals surface area contributed by atoms with E-state index < -0.39 is 28.9 Å². The molecule has 0 aliphatic carbocycles. The number of aliphatic carboxylic acids is 1. The standard InChI is InChI=1S/C15H16N8O6S2/c1-7-18-19-14(29-7)31-5-8-4-30-13-15(28-2,12(27)23(13)10(8)11(25)26)17-9(24)3-22-6-16-20-21-22/h6,13H,3-5H2,1-2H3,(H,17,24)(H,25,26)/t13-,15?/m0/s1. The van der Waals surface area contributed by atoms with Crippen LogP contribution < -0.4 is 5.32 Å². The number of hydrogen-bond donors (Lipinski definition) is 2. The van der Waals surface area contributed by atoms with Crippen LogP contribution in [-0.4, -0.2) is 87.9 Å². The fourth-order valence-corrected chi connectivity index (χ4v) is 5.57. The molecule has 1 fully saturated rings. The highest BCUT2D eigenvalue weighted by molar-refractivity contribution is 8.01. The quantitative estimate of drug-likeness (QED) is 0.270. The van der Waals surface area contributed by atoms with Gasteiger partial charge >= 0.3 is 5.97 Å². The van der Waals surface area contributed by atoms with Crippen LogP contribution in [0, 0.1) is 6.92 Å². The van der Waals surface area contributed by atoms with Crippen LogP contribution in [0.15, 0.2) is 27.2 Å². The van der Waals surface area contributed by atoms with Gasteiger partial charge in [0, 0.05) is 25.5 Å². The van der Waals surface area contributed by atoms with E-state index in [1.807, 2.05) is 0 Å².